The average molecular weight is 383 g/mol. The third-order valence-electron chi connectivity index (χ3n) is 3.91. The summed E-state index contributed by atoms with van der Waals surface area (Å²) in [5.41, 5.74) is 1.40. The first-order valence-electron chi connectivity index (χ1n) is 7.83. The lowest BCUT2D eigenvalue weighted by atomic mass is 10.2. The molecule has 1 aliphatic rings. The van der Waals surface area contributed by atoms with Gasteiger partial charge in [0.05, 0.1) is 10.6 Å². The molecular formula is C16H19ClN4O3S. The molecule has 0 fully saturated rings. The number of rotatable bonds is 5. The molecule has 1 aromatic carbocycles. The van der Waals surface area contributed by atoms with E-state index in [9.17, 15) is 14.9 Å². The third-order valence-corrected chi connectivity index (χ3v) is 4.91. The van der Waals surface area contributed by atoms with Crippen LogP contribution in [-0.4, -0.2) is 33.8 Å². The molecule has 3 rings (SSSR count). The minimum absolute atomic E-state index is 0. The van der Waals surface area contributed by atoms with Gasteiger partial charge in [0.1, 0.15) is 0 Å². The number of nitrogens with zero attached hydrogens (tertiary/aromatic N) is 3. The van der Waals surface area contributed by atoms with Crippen LogP contribution in [0.25, 0.3) is 0 Å². The molecule has 0 spiro atoms. The van der Waals surface area contributed by atoms with Crippen molar-refractivity contribution >= 4 is 40.5 Å². The number of anilines is 1. The largest absolute Gasteiger partial charge is 0.298 e. The normalized spacial score (nSPS) is 13.6. The molecule has 1 aliphatic heterocycles. The Morgan fingerprint density at radius 1 is 1.40 bits per heavy atom. The predicted octanol–water partition coefficient (Wildman–Crippen LogP) is 3.49. The van der Waals surface area contributed by atoms with Crippen molar-refractivity contribution in [2.75, 3.05) is 18.4 Å². The Kier molecular flexibility index (Phi) is 6.46. The highest BCUT2D eigenvalue weighted by Crippen LogP contribution is 2.28. The van der Waals surface area contributed by atoms with E-state index in [1.165, 1.54) is 40.5 Å². The summed E-state index contributed by atoms with van der Waals surface area (Å²) in [4.78, 5) is 30.5. The Morgan fingerprint density at radius 3 is 2.76 bits per heavy atom. The Morgan fingerprint density at radius 2 is 2.12 bits per heavy atom. The number of hydrogen-bond donors (Lipinski definition) is 1. The second-order valence-electron chi connectivity index (χ2n) is 5.67. The second kappa shape index (κ2) is 8.37. The number of nitro benzene ring substituents is 1. The SMILES string of the molecule is CCCN1CCc2nc(NC(=O)c3ccc([N+](=O)[O-])cc3)sc2C1.Cl. The maximum Gasteiger partial charge on any atom is 0.269 e. The number of amides is 1. The fraction of sp³-hybridized carbons (Fsp3) is 0.375. The third kappa shape index (κ3) is 4.53. The highest BCUT2D eigenvalue weighted by molar-refractivity contribution is 7.15. The fourth-order valence-electron chi connectivity index (χ4n) is 2.71. The van der Waals surface area contributed by atoms with Crippen molar-refractivity contribution in [1.29, 1.82) is 0 Å². The minimum atomic E-state index is -0.487. The summed E-state index contributed by atoms with van der Waals surface area (Å²) in [5.74, 6) is -0.304. The van der Waals surface area contributed by atoms with Crippen LogP contribution in [0.5, 0.6) is 0 Å². The molecule has 1 N–H and O–H groups in total. The quantitative estimate of drug-likeness (QED) is 0.631. The summed E-state index contributed by atoms with van der Waals surface area (Å²) >= 11 is 1.50. The summed E-state index contributed by atoms with van der Waals surface area (Å²) in [6.45, 7) is 5.12. The van der Waals surface area contributed by atoms with Crippen LogP contribution >= 0.6 is 23.7 Å². The predicted molar refractivity (Wildman–Crippen MR) is 99.7 cm³/mol. The highest BCUT2D eigenvalue weighted by Gasteiger charge is 2.21. The Bertz CT molecular complexity index is 763. The number of carbonyl (C=O) groups excluding carboxylic acids is 1. The van der Waals surface area contributed by atoms with Gasteiger partial charge in [-0.05, 0) is 25.1 Å². The molecule has 25 heavy (non-hydrogen) atoms. The Labute approximate surface area is 155 Å². The lowest BCUT2D eigenvalue weighted by molar-refractivity contribution is -0.384. The van der Waals surface area contributed by atoms with E-state index in [-0.39, 0.29) is 24.0 Å². The summed E-state index contributed by atoms with van der Waals surface area (Å²) in [6.07, 6.45) is 2.02. The zero-order valence-electron chi connectivity index (χ0n) is 13.7. The molecule has 9 heteroatoms. The number of nitro groups is 1. The molecule has 0 unspecified atom stereocenters. The number of thiazole rings is 1. The van der Waals surface area contributed by atoms with Gasteiger partial charge in [0.15, 0.2) is 5.13 Å². The minimum Gasteiger partial charge on any atom is -0.298 e. The van der Waals surface area contributed by atoms with E-state index in [1.54, 1.807) is 0 Å². The van der Waals surface area contributed by atoms with Gasteiger partial charge in [-0.1, -0.05) is 6.92 Å². The lowest BCUT2D eigenvalue weighted by Crippen LogP contribution is -2.30. The fourth-order valence-corrected chi connectivity index (χ4v) is 3.76. The van der Waals surface area contributed by atoms with Gasteiger partial charge in [0.2, 0.25) is 0 Å². The maximum atomic E-state index is 12.3. The molecule has 1 amide bonds. The molecule has 0 radical (unpaired) electrons. The van der Waals surface area contributed by atoms with Gasteiger partial charge in [-0.25, -0.2) is 4.98 Å². The molecule has 0 saturated carbocycles. The molecule has 0 saturated heterocycles. The average Bonchev–Trinajstić information content (AvgIpc) is 2.96. The van der Waals surface area contributed by atoms with Crippen LogP contribution in [0.4, 0.5) is 10.8 Å². The van der Waals surface area contributed by atoms with Crippen molar-refractivity contribution < 1.29 is 9.72 Å². The van der Waals surface area contributed by atoms with Gasteiger partial charge in [0.25, 0.3) is 11.6 Å². The number of nitrogens with one attached hydrogen (secondary N) is 1. The van der Waals surface area contributed by atoms with Crippen molar-refractivity contribution in [1.82, 2.24) is 9.88 Å². The van der Waals surface area contributed by atoms with Crippen molar-refractivity contribution in [2.45, 2.75) is 26.3 Å². The van der Waals surface area contributed by atoms with Gasteiger partial charge in [0, 0.05) is 42.1 Å². The van der Waals surface area contributed by atoms with Crippen molar-refractivity contribution in [3.8, 4) is 0 Å². The number of fused-ring (bicyclic) bond motifs is 1. The van der Waals surface area contributed by atoms with Crippen LogP contribution in [0.3, 0.4) is 0 Å². The second-order valence-corrected chi connectivity index (χ2v) is 6.76. The number of benzene rings is 1. The van der Waals surface area contributed by atoms with E-state index < -0.39 is 4.92 Å². The van der Waals surface area contributed by atoms with Crippen LogP contribution in [0.2, 0.25) is 0 Å². The van der Waals surface area contributed by atoms with Crippen molar-refractivity contribution in [2.24, 2.45) is 0 Å². The molecule has 0 aliphatic carbocycles. The van der Waals surface area contributed by atoms with Crippen LogP contribution in [0, 0.1) is 10.1 Å². The number of hydrogen-bond acceptors (Lipinski definition) is 6. The first kappa shape index (κ1) is 19.3. The van der Waals surface area contributed by atoms with E-state index in [0.29, 0.717) is 10.7 Å². The van der Waals surface area contributed by atoms with Crippen molar-refractivity contribution in [3.05, 3.63) is 50.5 Å². The zero-order chi connectivity index (χ0) is 17.1. The van der Waals surface area contributed by atoms with Gasteiger partial charge in [-0.2, -0.15) is 0 Å². The summed E-state index contributed by atoms with van der Waals surface area (Å²) in [7, 11) is 0. The number of halogens is 1. The number of carbonyl (C=O) groups is 1. The summed E-state index contributed by atoms with van der Waals surface area (Å²) in [6, 6.07) is 5.54. The molecule has 1 aromatic heterocycles. The van der Waals surface area contributed by atoms with Crippen molar-refractivity contribution in [3.63, 3.8) is 0 Å². The molecular weight excluding hydrogens is 364 g/mol. The molecule has 2 heterocycles. The smallest absolute Gasteiger partial charge is 0.269 e. The van der Waals surface area contributed by atoms with Crippen LogP contribution < -0.4 is 5.32 Å². The summed E-state index contributed by atoms with van der Waals surface area (Å²) < 4.78 is 0. The molecule has 0 atom stereocenters. The van der Waals surface area contributed by atoms with Gasteiger partial charge in [-0.15, -0.1) is 23.7 Å². The number of aromatic nitrogens is 1. The van der Waals surface area contributed by atoms with Crippen LogP contribution in [0.1, 0.15) is 34.3 Å². The zero-order valence-corrected chi connectivity index (χ0v) is 15.4. The van der Waals surface area contributed by atoms with E-state index in [0.717, 1.165) is 38.2 Å². The lowest BCUT2D eigenvalue weighted by Gasteiger charge is -2.24. The van der Waals surface area contributed by atoms with E-state index in [2.05, 4.69) is 22.1 Å². The van der Waals surface area contributed by atoms with E-state index in [4.69, 9.17) is 0 Å². The van der Waals surface area contributed by atoms with E-state index >= 15 is 0 Å². The molecule has 2 aromatic rings. The van der Waals surface area contributed by atoms with Crippen LogP contribution in [0.15, 0.2) is 24.3 Å². The van der Waals surface area contributed by atoms with E-state index in [1.807, 2.05) is 0 Å². The highest BCUT2D eigenvalue weighted by atomic mass is 35.5. The van der Waals surface area contributed by atoms with Gasteiger partial charge < -0.3 is 0 Å². The monoisotopic (exact) mass is 382 g/mol. The van der Waals surface area contributed by atoms with Gasteiger partial charge in [-0.3, -0.25) is 25.1 Å². The Balaban J connectivity index is 0.00000225. The first-order chi connectivity index (χ1) is 11.6. The summed E-state index contributed by atoms with van der Waals surface area (Å²) in [5, 5.41) is 14.0. The first-order valence-corrected chi connectivity index (χ1v) is 8.65. The maximum absolute atomic E-state index is 12.3. The van der Waals surface area contributed by atoms with Crippen LogP contribution in [-0.2, 0) is 13.0 Å². The molecule has 7 nitrogen and oxygen atoms in total. The molecule has 134 valence electrons. The Hall–Kier alpha value is -2.03. The topological polar surface area (TPSA) is 88.4 Å². The number of non-ortho nitro benzene ring substituents is 1. The van der Waals surface area contributed by atoms with Gasteiger partial charge >= 0.3 is 0 Å². The standard InChI is InChI=1S/C16H18N4O3S.ClH/c1-2-8-19-9-7-13-14(10-19)24-16(17-13)18-15(21)11-3-5-12(6-4-11)20(22)23;/h3-6H,2,7-10H2,1H3,(H,17,18,21);1H. The molecule has 0 bridgehead atoms.